The van der Waals surface area contributed by atoms with E-state index in [1.165, 1.54) is 19.2 Å². The highest BCUT2D eigenvalue weighted by Gasteiger charge is 2.20. The zero-order valence-electron chi connectivity index (χ0n) is 19.9. The fraction of sp³-hybridized carbons (Fsp3) is 0.222. The largest absolute Gasteiger partial charge is 0.491 e. The number of hydrogen-bond acceptors (Lipinski definition) is 7. The van der Waals surface area contributed by atoms with Gasteiger partial charge in [0.25, 0.3) is 0 Å². The Kier molecular flexibility index (Phi) is 10.9. The van der Waals surface area contributed by atoms with Gasteiger partial charge in [0.1, 0.15) is 24.3 Å². The Balaban J connectivity index is 1.62. The highest BCUT2D eigenvalue weighted by Crippen LogP contribution is 2.24. The molecule has 2 unspecified atom stereocenters. The molecule has 0 spiro atoms. The van der Waals surface area contributed by atoms with E-state index in [2.05, 4.69) is 5.32 Å². The smallest absolute Gasteiger partial charge is 0.340 e. The molecule has 0 heterocycles. The molecule has 0 radical (unpaired) electrons. The van der Waals surface area contributed by atoms with E-state index in [9.17, 15) is 18.8 Å². The summed E-state index contributed by atoms with van der Waals surface area (Å²) in [6.45, 7) is -0.487. The van der Waals surface area contributed by atoms with Gasteiger partial charge in [-0.3, -0.25) is 9.59 Å². The predicted molar refractivity (Wildman–Crippen MR) is 140 cm³/mol. The van der Waals surface area contributed by atoms with Gasteiger partial charge >= 0.3 is 5.97 Å². The first-order valence-corrected chi connectivity index (χ1v) is 12.5. The fourth-order valence-electron chi connectivity index (χ4n) is 3.37. The Hall–Kier alpha value is -3.40. The van der Waals surface area contributed by atoms with Crippen LogP contribution in [0.5, 0.6) is 5.75 Å². The van der Waals surface area contributed by atoms with Crippen LogP contribution in [0.15, 0.2) is 72.8 Å². The Morgan fingerprint density at radius 1 is 1.08 bits per heavy atom. The summed E-state index contributed by atoms with van der Waals surface area (Å²) in [5.74, 6) is -0.864. The average Bonchev–Trinajstić information content (AvgIpc) is 2.91. The molecule has 0 aliphatic carbocycles. The lowest BCUT2D eigenvalue weighted by Crippen LogP contribution is -2.31. The molecular formula is C27H25ClFNO6S. The van der Waals surface area contributed by atoms with Crippen LogP contribution < -0.4 is 10.1 Å². The van der Waals surface area contributed by atoms with E-state index in [0.29, 0.717) is 22.8 Å². The van der Waals surface area contributed by atoms with Gasteiger partial charge < -0.3 is 19.5 Å². The Morgan fingerprint density at radius 3 is 2.51 bits per heavy atom. The van der Waals surface area contributed by atoms with Crippen LogP contribution in [0.4, 0.5) is 4.39 Å². The molecule has 3 aromatic carbocycles. The van der Waals surface area contributed by atoms with E-state index < -0.39 is 29.9 Å². The van der Waals surface area contributed by atoms with Crippen molar-refractivity contribution in [2.45, 2.75) is 17.8 Å². The molecule has 0 fully saturated rings. The second-order valence-electron chi connectivity index (χ2n) is 7.73. The summed E-state index contributed by atoms with van der Waals surface area (Å²) in [5.41, 5.74) is 1.99. The number of benzene rings is 3. The van der Waals surface area contributed by atoms with Crippen LogP contribution in [0, 0.1) is 5.82 Å². The van der Waals surface area contributed by atoms with Gasteiger partial charge in [0.2, 0.25) is 5.91 Å². The zero-order valence-corrected chi connectivity index (χ0v) is 21.5. The second kappa shape index (κ2) is 14.4. The van der Waals surface area contributed by atoms with E-state index in [4.69, 9.17) is 25.8 Å². The molecule has 7 nitrogen and oxygen atoms in total. The summed E-state index contributed by atoms with van der Waals surface area (Å²) >= 11 is 6.82. The number of esters is 1. The van der Waals surface area contributed by atoms with E-state index in [-0.39, 0.29) is 23.6 Å². The van der Waals surface area contributed by atoms with Crippen LogP contribution in [-0.2, 0) is 25.5 Å². The van der Waals surface area contributed by atoms with E-state index in [1.54, 1.807) is 60.7 Å². The normalized spacial score (nSPS) is 12.3. The molecule has 0 saturated heterocycles. The molecular weight excluding hydrogens is 521 g/mol. The van der Waals surface area contributed by atoms with Crippen molar-refractivity contribution in [3.63, 3.8) is 0 Å². The molecule has 0 aromatic heterocycles. The highest BCUT2D eigenvalue weighted by molar-refractivity contribution is 8.13. The number of amides is 1. The van der Waals surface area contributed by atoms with Crippen molar-refractivity contribution in [3.8, 4) is 5.75 Å². The molecule has 0 aliphatic rings. The van der Waals surface area contributed by atoms with Gasteiger partial charge in [-0.2, -0.15) is 0 Å². The zero-order chi connectivity index (χ0) is 26.6. The highest BCUT2D eigenvalue weighted by atomic mass is 35.5. The number of nitrogens with one attached hydrogen (secondary N) is 1. The summed E-state index contributed by atoms with van der Waals surface area (Å²) in [6, 6.07) is 19.4. The summed E-state index contributed by atoms with van der Waals surface area (Å²) in [6.07, 6.45) is -0.503. The van der Waals surface area contributed by atoms with E-state index in [0.717, 1.165) is 17.3 Å². The first-order valence-electron chi connectivity index (χ1n) is 11.2. The Morgan fingerprint density at radius 2 is 1.84 bits per heavy atom. The SMILES string of the molecule is CNC(=O)C(Cc1ccc(OCC(OCOC(=O)c2cccc(Cl)c2)c2ccccc2F)cc1)SC=O. The number of carbonyl (C=O) groups excluding carboxylic acids is 3. The van der Waals surface area contributed by atoms with Gasteiger partial charge in [-0.05, 0) is 48.4 Å². The van der Waals surface area contributed by atoms with Crippen molar-refractivity contribution in [1.29, 1.82) is 0 Å². The third-order valence-electron chi connectivity index (χ3n) is 5.28. The average molecular weight is 546 g/mol. The van der Waals surface area contributed by atoms with E-state index in [1.807, 2.05) is 0 Å². The lowest BCUT2D eigenvalue weighted by molar-refractivity contribution is -0.120. The number of rotatable bonds is 13. The maximum atomic E-state index is 14.5. The van der Waals surface area contributed by atoms with Crippen molar-refractivity contribution in [1.82, 2.24) is 5.32 Å². The molecule has 3 rings (SSSR count). The van der Waals surface area contributed by atoms with Crippen LogP contribution in [0.1, 0.15) is 27.6 Å². The van der Waals surface area contributed by atoms with Crippen molar-refractivity contribution in [2.75, 3.05) is 20.4 Å². The van der Waals surface area contributed by atoms with Crippen LogP contribution in [0.2, 0.25) is 5.02 Å². The summed E-state index contributed by atoms with van der Waals surface area (Å²) < 4.78 is 31.1. The molecule has 37 heavy (non-hydrogen) atoms. The maximum Gasteiger partial charge on any atom is 0.340 e. The Labute approximate surface area is 223 Å². The number of hydrogen-bond donors (Lipinski definition) is 1. The minimum absolute atomic E-state index is 0.0587. The van der Waals surface area contributed by atoms with Gasteiger partial charge in [0, 0.05) is 17.6 Å². The van der Waals surface area contributed by atoms with Gasteiger partial charge in [0.15, 0.2) is 12.4 Å². The lowest BCUT2D eigenvalue weighted by Gasteiger charge is -2.20. The molecule has 0 saturated carbocycles. The maximum absolute atomic E-state index is 14.5. The number of ether oxygens (including phenoxy) is 3. The molecule has 1 N–H and O–H groups in total. The molecule has 3 aromatic rings. The number of carbonyl (C=O) groups is 3. The van der Waals surface area contributed by atoms with Crippen LogP contribution in [0.3, 0.4) is 0 Å². The monoisotopic (exact) mass is 545 g/mol. The first kappa shape index (κ1) is 28.2. The molecule has 2 atom stereocenters. The van der Waals surface area contributed by atoms with Gasteiger partial charge in [0.05, 0.1) is 10.8 Å². The minimum Gasteiger partial charge on any atom is -0.491 e. The quantitative estimate of drug-likeness (QED) is 0.183. The third kappa shape index (κ3) is 8.59. The summed E-state index contributed by atoms with van der Waals surface area (Å²) in [4.78, 5) is 35.1. The Bertz CT molecular complexity index is 1210. The molecule has 10 heteroatoms. The minimum atomic E-state index is -0.866. The molecule has 0 aliphatic heterocycles. The van der Waals surface area contributed by atoms with E-state index >= 15 is 0 Å². The molecule has 1 amide bonds. The standard InChI is InChI=1S/C27H25ClFNO6S/c1-30-26(32)25(37-16-31)13-18-9-11-21(12-10-18)34-15-24(22-7-2-3-8-23(22)29)35-17-36-27(33)19-5-4-6-20(28)14-19/h2-12,14,16,24-25H,13,15,17H2,1H3,(H,30,32). The van der Waals surface area contributed by atoms with Crippen LogP contribution >= 0.6 is 23.4 Å². The topological polar surface area (TPSA) is 90.9 Å². The summed E-state index contributed by atoms with van der Waals surface area (Å²) in [5, 5.41) is 2.40. The molecule has 194 valence electrons. The van der Waals surface area contributed by atoms with Crippen molar-refractivity contribution in [2.24, 2.45) is 0 Å². The van der Waals surface area contributed by atoms with Gasteiger partial charge in [-0.15, -0.1) is 0 Å². The van der Waals surface area contributed by atoms with Gasteiger partial charge in [-0.25, -0.2) is 9.18 Å². The number of halogens is 2. The van der Waals surface area contributed by atoms with Gasteiger partial charge in [-0.1, -0.05) is 59.8 Å². The van der Waals surface area contributed by atoms with Crippen LogP contribution in [0.25, 0.3) is 0 Å². The summed E-state index contributed by atoms with van der Waals surface area (Å²) in [7, 11) is 1.52. The lowest BCUT2D eigenvalue weighted by atomic mass is 10.1. The second-order valence-corrected chi connectivity index (χ2v) is 9.20. The van der Waals surface area contributed by atoms with Crippen molar-refractivity contribution >= 4 is 40.9 Å². The fourth-order valence-corrected chi connectivity index (χ4v) is 4.23. The van der Waals surface area contributed by atoms with Crippen LogP contribution in [-0.4, -0.2) is 43.2 Å². The van der Waals surface area contributed by atoms with Crippen molar-refractivity contribution in [3.05, 3.63) is 100 Å². The third-order valence-corrected chi connectivity index (χ3v) is 6.33. The predicted octanol–water partition coefficient (Wildman–Crippen LogP) is 5.01. The number of thioether (sulfide) groups is 1. The first-order chi connectivity index (χ1) is 17.9. The van der Waals surface area contributed by atoms with Crippen molar-refractivity contribution < 1.29 is 33.0 Å². The molecule has 0 bridgehead atoms.